The number of hydrogen-bond donors (Lipinski definition) is 2. The number of carboxylic acids is 1. The Morgan fingerprint density at radius 2 is 1.79 bits per heavy atom. The van der Waals surface area contributed by atoms with Gasteiger partial charge in [0.1, 0.15) is 6.04 Å². The highest BCUT2D eigenvalue weighted by atomic mass is 16.4. The van der Waals surface area contributed by atoms with Gasteiger partial charge in [-0.3, -0.25) is 9.59 Å². The first-order chi connectivity index (χ1) is 13.4. The Labute approximate surface area is 164 Å². The molecule has 0 bridgehead atoms. The lowest BCUT2D eigenvalue weighted by Crippen LogP contribution is -2.45. The van der Waals surface area contributed by atoms with Crippen molar-refractivity contribution in [2.24, 2.45) is 5.92 Å². The molecule has 1 aliphatic heterocycles. The third kappa shape index (κ3) is 4.97. The van der Waals surface area contributed by atoms with Gasteiger partial charge in [-0.2, -0.15) is 0 Å². The van der Waals surface area contributed by atoms with E-state index in [2.05, 4.69) is 5.32 Å². The van der Waals surface area contributed by atoms with E-state index >= 15 is 0 Å². The van der Waals surface area contributed by atoms with E-state index in [1.165, 1.54) is 0 Å². The number of likely N-dealkylation sites (tertiary alicyclic amines) is 1. The Kier molecular flexibility index (Phi) is 6.09. The lowest BCUT2D eigenvalue weighted by Gasteiger charge is -2.19. The number of rotatable bonds is 7. The molecule has 0 aliphatic carbocycles. The van der Waals surface area contributed by atoms with Crippen molar-refractivity contribution in [2.45, 2.75) is 32.4 Å². The maximum absolute atomic E-state index is 12.6. The molecule has 0 radical (unpaired) electrons. The Morgan fingerprint density at radius 1 is 1.11 bits per heavy atom. The predicted octanol–water partition coefficient (Wildman–Crippen LogP) is 2.16. The molecule has 1 heterocycles. The summed E-state index contributed by atoms with van der Waals surface area (Å²) >= 11 is 0. The maximum atomic E-state index is 12.6. The van der Waals surface area contributed by atoms with Gasteiger partial charge in [-0.05, 0) is 18.1 Å². The minimum absolute atomic E-state index is 0.0874. The third-order valence-corrected chi connectivity index (χ3v) is 4.98. The Hall–Kier alpha value is -3.15. The molecule has 1 saturated heterocycles. The second-order valence-electron chi connectivity index (χ2n) is 7.25. The standard InChI is InChI=1S/C22H24N2O4/c1-15-7-9-17(10-8-15)13-24-14-18(12-20(24)25)21(26)23-19(22(27)28)11-16-5-3-2-4-6-16/h2-10,18-19H,11-14H2,1H3,(H,23,26)(H,27,28)/t18?,19-/m0/s1. The van der Waals surface area contributed by atoms with Gasteiger partial charge in [0.15, 0.2) is 0 Å². The van der Waals surface area contributed by atoms with E-state index in [4.69, 9.17) is 0 Å². The molecule has 6 nitrogen and oxygen atoms in total. The van der Waals surface area contributed by atoms with E-state index in [9.17, 15) is 19.5 Å². The van der Waals surface area contributed by atoms with Gasteiger partial charge in [0, 0.05) is 25.9 Å². The summed E-state index contributed by atoms with van der Waals surface area (Å²) in [5.74, 6) is -2.09. The molecule has 2 atom stereocenters. The molecule has 2 N–H and O–H groups in total. The number of carbonyl (C=O) groups is 3. The largest absolute Gasteiger partial charge is 0.480 e. The fourth-order valence-electron chi connectivity index (χ4n) is 3.35. The first-order valence-electron chi connectivity index (χ1n) is 9.33. The van der Waals surface area contributed by atoms with Crippen LogP contribution in [0.2, 0.25) is 0 Å². The van der Waals surface area contributed by atoms with Crippen molar-refractivity contribution < 1.29 is 19.5 Å². The summed E-state index contributed by atoms with van der Waals surface area (Å²) in [4.78, 5) is 38.1. The minimum atomic E-state index is -1.09. The van der Waals surface area contributed by atoms with Crippen LogP contribution in [0.4, 0.5) is 0 Å². The van der Waals surface area contributed by atoms with Crippen LogP contribution in [-0.2, 0) is 27.3 Å². The molecule has 1 fully saturated rings. The zero-order chi connectivity index (χ0) is 20.1. The lowest BCUT2D eigenvalue weighted by molar-refractivity contribution is -0.142. The normalized spacial score (nSPS) is 17.4. The van der Waals surface area contributed by atoms with E-state index in [0.717, 1.165) is 16.7 Å². The molecule has 146 valence electrons. The van der Waals surface area contributed by atoms with Gasteiger partial charge < -0.3 is 15.3 Å². The highest BCUT2D eigenvalue weighted by Gasteiger charge is 2.35. The molecule has 1 aliphatic rings. The monoisotopic (exact) mass is 380 g/mol. The van der Waals surface area contributed by atoms with Crippen molar-refractivity contribution in [3.63, 3.8) is 0 Å². The molecule has 0 saturated carbocycles. The number of nitrogens with one attached hydrogen (secondary N) is 1. The summed E-state index contributed by atoms with van der Waals surface area (Å²) in [6, 6.07) is 16.0. The van der Waals surface area contributed by atoms with Crippen LogP contribution >= 0.6 is 0 Å². The van der Waals surface area contributed by atoms with Crippen LogP contribution < -0.4 is 5.32 Å². The zero-order valence-corrected chi connectivity index (χ0v) is 15.8. The van der Waals surface area contributed by atoms with E-state index in [1.54, 1.807) is 4.90 Å². The molecule has 3 rings (SSSR count). The molecular weight excluding hydrogens is 356 g/mol. The molecule has 0 aromatic heterocycles. The maximum Gasteiger partial charge on any atom is 0.326 e. The molecule has 2 aromatic rings. The number of benzene rings is 2. The van der Waals surface area contributed by atoms with Gasteiger partial charge in [0.05, 0.1) is 5.92 Å². The Balaban J connectivity index is 1.59. The second kappa shape index (κ2) is 8.69. The van der Waals surface area contributed by atoms with Crippen LogP contribution in [0.5, 0.6) is 0 Å². The van der Waals surface area contributed by atoms with Crippen molar-refractivity contribution in [3.8, 4) is 0 Å². The summed E-state index contributed by atoms with van der Waals surface area (Å²) in [5, 5.41) is 12.1. The number of carbonyl (C=O) groups excluding carboxylic acids is 2. The first-order valence-corrected chi connectivity index (χ1v) is 9.33. The summed E-state index contributed by atoms with van der Waals surface area (Å²) in [7, 11) is 0. The summed E-state index contributed by atoms with van der Waals surface area (Å²) in [5.41, 5.74) is 2.98. The molecule has 2 amide bonds. The average molecular weight is 380 g/mol. The highest BCUT2D eigenvalue weighted by molar-refractivity contribution is 5.91. The van der Waals surface area contributed by atoms with Crippen LogP contribution in [0.15, 0.2) is 54.6 Å². The van der Waals surface area contributed by atoms with Gasteiger partial charge in [-0.25, -0.2) is 4.79 Å². The number of nitrogens with zero attached hydrogens (tertiary/aromatic N) is 1. The number of aliphatic carboxylic acids is 1. The molecule has 0 spiro atoms. The molecule has 1 unspecified atom stereocenters. The fourth-order valence-corrected chi connectivity index (χ4v) is 3.35. The molecule has 28 heavy (non-hydrogen) atoms. The summed E-state index contributed by atoms with van der Waals surface area (Å²) in [6.07, 6.45) is 0.311. The third-order valence-electron chi connectivity index (χ3n) is 4.98. The van der Waals surface area contributed by atoms with Gasteiger partial charge in [0.25, 0.3) is 0 Å². The van der Waals surface area contributed by atoms with Crippen LogP contribution in [0.1, 0.15) is 23.1 Å². The Bertz CT molecular complexity index is 849. The Morgan fingerprint density at radius 3 is 2.43 bits per heavy atom. The van der Waals surface area contributed by atoms with E-state index in [1.807, 2.05) is 61.5 Å². The summed E-state index contributed by atoms with van der Waals surface area (Å²) in [6.45, 7) is 2.75. The highest BCUT2D eigenvalue weighted by Crippen LogP contribution is 2.21. The van der Waals surface area contributed by atoms with Crippen molar-refractivity contribution in [1.29, 1.82) is 0 Å². The smallest absolute Gasteiger partial charge is 0.326 e. The van der Waals surface area contributed by atoms with Crippen LogP contribution in [0, 0.1) is 12.8 Å². The molecular formula is C22H24N2O4. The van der Waals surface area contributed by atoms with Crippen LogP contribution in [-0.4, -0.2) is 40.4 Å². The zero-order valence-electron chi connectivity index (χ0n) is 15.8. The summed E-state index contributed by atoms with van der Waals surface area (Å²) < 4.78 is 0. The fraction of sp³-hybridized carbons (Fsp3) is 0.318. The minimum Gasteiger partial charge on any atom is -0.480 e. The number of aryl methyl sites for hydroxylation is 1. The number of amides is 2. The quantitative estimate of drug-likeness (QED) is 0.771. The van der Waals surface area contributed by atoms with Crippen LogP contribution in [0.25, 0.3) is 0 Å². The molecule has 6 heteroatoms. The van der Waals surface area contributed by atoms with Gasteiger partial charge in [-0.15, -0.1) is 0 Å². The number of hydrogen-bond acceptors (Lipinski definition) is 3. The van der Waals surface area contributed by atoms with Crippen molar-refractivity contribution >= 4 is 17.8 Å². The average Bonchev–Trinajstić information content (AvgIpc) is 3.04. The van der Waals surface area contributed by atoms with E-state index in [-0.39, 0.29) is 24.7 Å². The SMILES string of the molecule is Cc1ccc(CN2CC(C(=O)N[C@@H](Cc3ccccc3)C(=O)O)CC2=O)cc1. The van der Waals surface area contributed by atoms with E-state index in [0.29, 0.717) is 13.1 Å². The van der Waals surface area contributed by atoms with E-state index < -0.39 is 17.9 Å². The lowest BCUT2D eigenvalue weighted by atomic mass is 10.0. The first kappa shape index (κ1) is 19.6. The van der Waals surface area contributed by atoms with Crippen molar-refractivity contribution in [1.82, 2.24) is 10.2 Å². The number of carboxylic acid groups (broad SMARTS) is 1. The van der Waals surface area contributed by atoms with Crippen molar-refractivity contribution in [2.75, 3.05) is 6.54 Å². The van der Waals surface area contributed by atoms with Crippen molar-refractivity contribution in [3.05, 3.63) is 71.3 Å². The second-order valence-corrected chi connectivity index (χ2v) is 7.25. The topological polar surface area (TPSA) is 86.7 Å². The van der Waals surface area contributed by atoms with Crippen LogP contribution in [0.3, 0.4) is 0 Å². The van der Waals surface area contributed by atoms with Gasteiger partial charge in [0.2, 0.25) is 11.8 Å². The molecule has 2 aromatic carbocycles. The van der Waals surface area contributed by atoms with Gasteiger partial charge in [-0.1, -0.05) is 60.2 Å². The predicted molar refractivity (Wildman–Crippen MR) is 104 cm³/mol. The van der Waals surface area contributed by atoms with Gasteiger partial charge >= 0.3 is 5.97 Å².